The minimum Gasteiger partial charge on any atom is -0.497 e. The number of benzene rings is 12. The van der Waals surface area contributed by atoms with E-state index >= 15 is 0 Å². The fraction of sp³-hybridized carbons (Fsp3) is 0.295. The van der Waals surface area contributed by atoms with Gasteiger partial charge in [0.25, 0.3) is 0 Å². The van der Waals surface area contributed by atoms with E-state index in [1.54, 1.807) is 56.9 Å². The molecule has 0 saturated carbocycles. The predicted octanol–water partition coefficient (Wildman–Crippen LogP) is 25.2. The summed E-state index contributed by atoms with van der Waals surface area (Å²) in [7, 11) is 13.6. The number of hydrogen-bond donors (Lipinski definition) is 0. The summed E-state index contributed by atoms with van der Waals surface area (Å²) in [5.74, 6) is 7.64. The monoisotopic (exact) mass is 1530 g/mol. The van der Waals surface area contributed by atoms with Gasteiger partial charge in [0.2, 0.25) is 28.4 Å². The zero-order chi connectivity index (χ0) is 72.8. The van der Waals surface area contributed by atoms with Gasteiger partial charge in [0.05, 0.1) is 85.6 Å². The summed E-state index contributed by atoms with van der Waals surface area (Å²) >= 11 is 7.67. The Morgan fingerprint density at radius 3 is 0.769 bits per heavy atom. The lowest BCUT2D eigenvalue weighted by Crippen LogP contribution is -2.15. The standard InChI is InChI=1S/C88H93Br2N3O11/c1-12-15-18-21-40-102-86-54-72-69(51-79(86)91(61-24-32-65(94-4)33-25-61)62-26-34-66(95-5)35-27-62)73-55-87(103-41-22-19-16-13-2)81(93(64-30-38-68(97-7)39-31-64)78-46-58-44-76(90)83(99-9)48-60(58)50-85(78)101-11)53-71(73)74-56-88(104-42-23-20-17-14-3)80(52-70(72)74)92(63-28-36-67(96-6)37-29-63)77-45-57-43-75(89)82(98-8)47-59(57)49-84(77)100-10/h24-39,43-56H,12-23,40-42H2,1-11H3/q+3. The van der Waals surface area contributed by atoms with Crippen molar-refractivity contribution in [1.82, 2.24) is 14.7 Å². The van der Waals surface area contributed by atoms with E-state index < -0.39 is 0 Å². The molecule has 537 valence electrons. The van der Waals surface area contributed by atoms with Crippen LogP contribution in [0.15, 0.2) is 191 Å². The number of unbranched alkanes of at least 4 members (excludes halogenated alkanes) is 9. The number of rotatable bonds is 35. The molecule has 14 nitrogen and oxygen atoms in total. The van der Waals surface area contributed by atoms with Gasteiger partial charge in [-0.25, -0.2) is 0 Å². The Labute approximate surface area is 628 Å². The van der Waals surface area contributed by atoms with Gasteiger partial charge < -0.3 is 52.1 Å². The van der Waals surface area contributed by atoms with Gasteiger partial charge in [-0.2, -0.15) is 0 Å². The molecule has 0 N–H and O–H groups in total. The summed E-state index contributed by atoms with van der Waals surface area (Å²) in [5, 5.41) is 9.47. The van der Waals surface area contributed by atoms with Crippen molar-refractivity contribution in [3.8, 4) is 63.2 Å². The quantitative estimate of drug-likeness (QED) is 0.0215. The molecular formula is C88H93Br2N3O11+3. The average Bonchev–Trinajstić information content (AvgIpc) is 0.709. The molecule has 16 heteroatoms. The van der Waals surface area contributed by atoms with E-state index in [1.165, 1.54) is 0 Å². The Kier molecular flexibility index (Phi) is 24.9. The first kappa shape index (κ1) is 74.3. The third kappa shape index (κ3) is 16.1. The van der Waals surface area contributed by atoms with Crippen LogP contribution < -0.4 is 66.8 Å². The molecule has 104 heavy (non-hydrogen) atoms. The number of hydrogen-bond acceptors (Lipinski definition) is 14. The molecule has 0 saturated heterocycles. The van der Waals surface area contributed by atoms with Crippen molar-refractivity contribution in [2.45, 2.75) is 97.8 Å². The number of halogens is 2. The Bertz CT molecular complexity index is 4700. The molecule has 0 aliphatic heterocycles. The molecule has 0 bridgehead atoms. The van der Waals surface area contributed by atoms with E-state index in [0.717, 1.165) is 203 Å². The lowest BCUT2D eigenvalue weighted by atomic mass is 9.91. The average molecular weight is 1530 g/mol. The van der Waals surface area contributed by atoms with Crippen LogP contribution in [0, 0.1) is 0 Å². The fourth-order valence-corrected chi connectivity index (χ4v) is 14.8. The zero-order valence-electron chi connectivity index (χ0n) is 61.5. The first-order chi connectivity index (χ1) is 50.9. The Morgan fingerprint density at radius 2 is 0.490 bits per heavy atom. The van der Waals surface area contributed by atoms with Crippen molar-refractivity contribution in [2.75, 3.05) is 76.7 Å². The highest BCUT2D eigenvalue weighted by Gasteiger charge is 2.39. The number of ether oxygens (including phenoxy) is 11. The van der Waals surface area contributed by atoms with Crippen molar-refractivity contribution < 1.29 is 52.1 Å². The van der Waals surface area contributed by atoms with Crippen molar-refractivity contribution >= 4 is 137 Å². The summed E-state index contributed by atoms with van der Waals surface area (Å²) in [5.41, 5.74) is 7.43. The summed E-state index contributed by atoms with van der Waals surface area (Å²) in [6, 6.07) is 63.2. The normalized spacial score (nSPS) is 11.6. The lowest BCUT2D eigenvalue weighted by molar-refractivity contribution is 0.305. The second-order valence-electron chi connectivity index (χ2n) is 25.8. The molecule has 0 aliphatic carbocycles. The van der Waals surface area contributed by atoms with E-state index in [-0.39, 0.29) is 0 Å². The molecular weight excluding hydrogens is 1430 g/mol. The molecule has 0 fully saturated rings. The maximum Gasteiger partial charge on any atom is 0.235 e. The third-order valence-corrected chi connectivity index (χ3v) is 20.5. The van der Waals surface area contributed by atoms with Crippen molar-refractivity contribution in [2.24, 2.45) is 0 Å². The lowest BCUT2D eigenvalue weighted by Gasteiger charge is -2.22. The molecule has 0 atom stereocenters. The van der Waals surface area contributed by atoms with Crippen LogP contribution in [0.5, 0.6) is 63.2 Å². The van der Waals surface area contributed by atoms with E-state index in [2.05, 4.69) is 189 Å². The minimum absolute atomic E-state index is 0.463. The van der Waals surface area contributed by atoms with Gasteiger partial charge >= 0.3 is 0 Å². The van der Waals surface area contributed by atoms with Gasteiger partial charge in [0.1, 0.15) is 34.5 Å². The first-order valence-electron chi connectivity index (χ1n) is 36.0. The molecule has 0 aromatic heterocycles. The fourth-order valence-electron chi connectivity index (χ4n) is 13.7. The van der Waals surface area contributed by atoms with Crippen LogP contribution in [0.4, 0.5) is 51.2 Å². The molecule has 0 amide bonds. The Morgan fingerprint density at radius 1 is 0.240 bits per heavy atom. The molecule has 0 spiro atoms. The van der Waals surface area contributed by atoms with Crippen molar-refractivity contribution in [3.05, 3.63) is 191 Å². The highest BCUT2D eigenvalue weighted by atomic mass is 79.9. The van der Waals surface area contributed by atoms with Crippen LogP contribution in [0.2, 0.25) is 0 Å². The third-order valence-electron chi connectivity index (χ3n) is 19.3. The smallest absolute Gasteiger partial charge is 0.235 e. The maximum atomic E-state index is 7.41. The van der Waals surface area contributed by atoms with Gasteiger partial charge in [-0.3, -0.25) is 0 Å². The van der Waals surface area contributed by atoms with E-state index in [1.807, 2.05) is 60.7 Å². The largest absolute Gasteiger partial charge is 0.497 e. The van der Waals surface area contributed by atoms with Gasteiger partial charge in [-0.15, -0.1) is 0 Å². The van der Waals surface area contributed by atoms with Crippen LogP contribution in [0.25, 0.3) is 53.9 Å². The van der Waals surface area contributed by atoms with Crippen molar-refractivity contribution in [3.63, 3.8) is 0 Å². The van der Waals surface area contributed by atoms with E-state index in [4.69, 9.17) is 52.1 Å². The minimum atomic E-state index is 0.463. The zero-order valence-corrected chi connectivity index (χ0v) is 64.7. The maximum absolute atomic E-state index is 7.41. The first-order valence-corrected chi connectivity index (χ1v) is 37.6. The second-order valence-corrected chi connectivity index (χ2v) is 27.5. The van der Waals surface area contributed by atoms with E-state index in [9.17, 15) is 0 Å². The van der Waals surface area contributed by atoms with Gasteiger partial charge in [-0.05, 0) is 208 Å². The summed E-state index contributed by atoms with van der Waals surface area (Å²) in [4.78, 5) is 6.79. The van der Waals surface area contributed by atoms with Gasteiger partial charge in [-0.1, -0.05) is 93.3 Å². The molecule has 0 unspecified atom stereocenters. The Balaban J connectivity index is 1.27. The van der Waals surface area contributed by atoms with Crippen LogP contribution >= 0.6 is 31.9 Å². The topological polar surface area (TPSA) is 119 Å². The SMILES string of the molecule is CCCCCCOc1cc2c(cc1[N+](c1ccc(OC)cc1)c1ccc(OC)cc1)c1cc(OCCCCCC)c([N+](c3ccc(OC)cc3)c3cc4cc(Br)c(OC)cc4cc3OC)cc1c1cc(OCCCCCC)c([N+](c3ccc(OC)cc3)c3cc4cc(Br)c(OC)cc4cc3OC)cc21. The van der Waals surface area contributed by atoms with E-state index in [0.29, 0.717) is 71.6 Å². The van der Waals surface area contributed by atoms with Crippen molar-refractivity contribution in [1.29, 1.82) is 0 Å². The van der Waals surface area contributed by atoms with Crippen LogP contribution in [-0.4, -0.2) is 76.7 Å². The molecule has 0 aliphatic rings. The highest BCUT2D eigenvalue weighted by Crippen LogP contribution is 2.55. The molecule has 12 aromatic carbocycles. The number of methoxy groups -OCH3 is 8. The molecule has 0 heterocycles. The van der Waals surface area contributed by atoms with Gasteiger partial charge in [0, 0.05) is 78.9 Å². The molecule has 12 aromatic rings. The Hall–Kier alpha value is -9.42. The molecule has 12 rings (SSSR count). The predicted molar refractivity (Wildman–Crippen MR) is 433 cm³/mol. The summed E-state index contributed by atoms with van der Waals surface area (Å²) < 4.78 is 71.8. The number of anilines is 9. The number of fused-ring (bicyclic) bond motifs is 8. The van der Waals surface area contributed by atoms with Crippen LogP contribution in [-0.2, 0) is 0 Å². The summed E-state index contributed by atoms with van der Waals surface area (Å²) in [6.07, 6.45) is 12.1. The van der Waals surface area contributed by atoms with Crippen LogP contribution in [0.1, 0.15) is 97.8 Å². The van der Waals surface area contributed by atoms with Crippen LogP contribution in [0.3, 0.4) is 0 Å². The van der Waals surface area contributed by atoms with Gasteiger partial charge in [0.15, 0.2) is 51.5 Å². The second kappa shape index (κ2) is 34.9. The highest BCUT2D eigenvalue weighted by molar-refractivity contribution is 9.11. The molecule has 3 radical (unpaired) electrons. The number of nitrogens with zero attached hydrogens (tertiary/aromatic N) is 3. The summed E-state index contributed by atoms with van der Waals surface area (Å²) in [6.45, 7) is 8.12.